The van der Waals surface area contributed by atoms with Gasteiger partial charge in [0.15, 0.2) is 0 Å². The third-order valence-electron chi connectivity index (χ3n) is 3.86. The minimum absolute atomic E-state index is 0.0707. The Balaban J connectivity index is 1.85. The summed E-state index contributed by atoms with van der Waals surface area (Å²) in [6, 6.07) is -0.253. The van der Waals surface area contributed by atoms with E-state index in [0.29, 0.717) is 45.2 Å². The molecule has 2 aliphatic heterocycles. The molecule has 4 amide bonds. The van der Waals surface area contributed by atoms with Crippen molar-refractivity contribution < 1.29 is 14.4 Å². The van der Waals surface area contributed by atoms with Crippen molar-refractivity contribution in [2.24, 2.45) is 0 Å². The summed E-state index contributed by atoms with van der Waals surface area (Å²) in [5.74, 6) is -0.141. The number of nitrogens with zero attached hydrogens (tertiary/aromatic N) is 1. The van der Waals surface area contributed by atoms with Gasteiger partial charge in [0.1, 0.15) is 0 Å². The first kappa shape index (κ1) is 13.6. The number of hydrogen-bond donors (Lipinski definition) is 2. The summed E-state index contributed by atoms with van der Waals surface area (Å²) in [6.07, 6.45) is 4.54. The molecule has 0 aromatic heterocycles. The molecule has 6 heteroatoms. The second-order valence-corrected chi connectivity index (χ2v) is 5.02. The molecule has 0 saturated carbocycles. The molecule has 0 bridgehead atoms. The Hall–Kier alpha value is -1.85. The number of imide groups is 1. The average molecular weight is 265 g/mol. The number of nitrogens with one attached hydrogen (secondary N) is 2. The summed E-state index contributed by atoms with van der Waals surface area (Å²) in [5, 5.41) is 5.35. The Bertz CT molecular complexity index is 399. The zero-order chi connectivity index (χ0) is 13.9. The van der Waals surface area contributed by atoms with Crippen LogP contribution in [-0.4, -0.2) is 41.4 Å². The number of fused-ring (bicyclic) bond motifs is 1. The molecular weight excluding hydrogens is 246 g/mol. The maximum atomic E-state index is 11.7. The number of carbonyl (C=O) groups excluding carboxylic acids is 3. The van der Waals surface area contributed by atoms with E-state index >= 15 is 0 Å². The summed E-state index contributed by atoms with van der Waals surface area (Å²) >= 11 is 0. The van der Waals surface area contributed by atoms with Crippen molar-refractivity contribution >= 4 is 17.8 Å². The second kappa shape index (κ2) is 5.42. The van der Waals surface area contributed by atoms with Crippen LogP contribution in [0.25, 0.3) is 0 Å². The lowest BCUT2D eigenvalue weighted by molar-refractivity contribution is -0.142. The molecule has 0 spiro atoms. The Morgan fingerprint density at radius 2 is 1.89 bits per heavy atom. The van der Waals surface area contributed by atoms with Gasteiger partial charge in [-0.3, -0.25) is 14.5 Å². The van der Waals surface area contributed by atoms with Crippen LogP contribution in [-0.2, 0) is 9.59 Å². The topological polar surface area (TPSA) is 78.5 Å². The Kier molecular flexibility index (Phi) is 3.87. The minimum atomic E-state index is -0.347. The summed E-state index contributed by atoms with van der Waals surface area (Å²) in [6.45, 7) is 4.39. The molecule has 104 valence electrons. The van der Waals surface area contributed by atoms with Crippen LogP contribution in [0.4, 0.5) is 4.79 Å². The van der Waals surface area contributed by atoms with E-state index in [4.69, 9.17) is 0 Å². The molecular formula is C13H19N3O3. The SMILES string of the molecule is C=CCNC(=O)NCCC12CCC(=O)N1C(=O)CC2. The Morgan fingerprint density at radius 3 is 2.47 bits per heavy atom. The van der Waals surface area contributed by atoms with Gasteiger partial charge in [0.05, 0.1) is 5.54 Å². The monoisotopic (exact) mass is 265 g/mol. The lowest BCUT2D eigenvalue weighted by Crippen LogP contribution is -2.46. The fourth-order valence-corrected chi connectivity index (χ4v) is 2.92. The zero-order valence-corrected chi connectivity index (χ0v) is 10.9. The maximum Gasteiger partial charge on any atom is 0.315 e. The molecule has 0 atom stereocenters. The highest BCUT2D eigenvalue weighted by molar-refractivity contribution is 5.99. The quantitative estimate of drug-likeness (QED) is 0.562. The third-order valence-corrected chi connectivity index (χ3v) is 3.86. The smallest absolute Gasteiger partial charge is 0.315 e. The summed E-state index contributed by atoms with van der Waals surface area (Å²) < 4.78 is 0. The molecule has 2 saturated heterocycles. The molecule has 0 aromatic carbocycles. The Labute approximate surface area is 112 Å². The van der Waals surface area contributed by atoms with Gasteiger partial charge in [-0.1, -0.05) is 6.08 Å². The van der Waals surface area contributed by atoms with Gasteiger partial charge in [0, 0.05) is 25.9 Å². The second-order valence-electron chi connectivity index (χ2n) is 5.02. The molecule has 2 fully saturated rings. The van der Waals surface area contributed by atoms with E-state index in [2.05, 4.69) is 17.2 Å². The molecule has 0 aliphatic carbocycles. The van der Waals surface area contributed by atoms with Gasteiger partial charge >= 0.3 is 6.03 Å². The highest BCUT2D eigenvalue weighted by Crippen LogP contribution is 2.42. The molecule has 6 nitrogen and oxygen atoms in total. The van der Waals surface area contributed by atoms with E-state index in [0.717, 1.165) is 0 Å². The van der Waals surface area contributed by atoms with E-state index in [1.54, 1.807) is 6.08 Å². The van der Waals surface area contributed by atoms with E-state index in [-0.39, 0.29) is 23.4 Å². The van der Waals surface area contributed by atoms with Gasteiger partial charge in [0.25, 0.3) is 0 Å². The summed E-state index contributed by atoms with van der Waals surface area (Å²) in [5.41, 5.74) is -0.347. The van der Waals surface area contributed by atoms with Gasteiger partial charge in [-0.2, -0.15) is 0 Å². The average Bonchev–Trinajstić information content (AvgIpc) is 2.88. The largest absolute Gasteiger partial charge is 0.338 e. The Morgan fingerprint density at radius 1 is 1.26 bits per heavy atom. The van der Waals surface area contributed by atoms with Gasteiger partial charge in [-0.15, -0.1) is 6.58 Å². The molecule has 2 aliphatic rings. The van der Waals surface area contributed by atoms with Crippen LogP contribution in [0.2, 0.25) is 0 Å². The van der Waals surface area contributed by atoms with E-state index in [9.17, 15) is 14.4 Å². The van der Waals surface area contributed by atoms with Crippen molar-refractivity contribution in [1.82, 2.24) is 15.5 Å². The van der Waals surface area contributed by atoms with E-state index in [1.165, 1.54) is 4.90 Å². The van der Waals surface area contributed by atoms with Crippen molar-refractivity contribution in [2.75, 3.05) is 13.1 Å². The normalized spacial score (nSPS) is 20.3. The van der Waals surface area contributed by atoms with Crippen LogP contribution in [0.15, 0.2) is 12.7 Å². The van der Waals surface area contributed by atoms with Crippen LogP contribution in [0, 0.1) is 0 Å². The molecule has 0 radical (unpaired) electrons. The molecule has 2 heterocycles. The first-order chi connectivity index (χ1) is 9.09. The summed E-state index contributed by atoms with van der Waals surface area (Å²) in [7, 11) is 0. The molecule has 0 aromatic rings. The van der Waals surface area contributed by atoms with Crippen LogP contribution in [0.1, 0.15) is 32.1 Å². The van der Waals surface area contributed by atoms with Gasteiger partial charge in [-0.05, 0) is 19.3 Å². The lowest BCUT2D eigenvalue weighted by atomic mass is 9.90. The van der Waals surface area contributed by atoms with E-state index in [1.807, 2.05) is 0 Å². The molecule has 2 rings (SSSR count). The van der Waals surface area contributed by atoms with Crippen molar-refractivity contribution in [3.63, 3.8) is 0 Å². The number of hydrogen-bond acceptors (Lipinski definition) is 3. The van der Waals surface area contributed by atoms with Crippen LogP contribution < -0.4 is 10.6 Å². The fraction of sp³-hybridized carbons (Fsp3) is 0.615. The molecule has 19 heavy (non-hydrogen) atoms. The maximum absolute atomic E-state index is 11.7. The lowest BCUT2D eigenvalue weighted by Gasteiger charge is -2.30. The van der Waals surface area contributed by atoms with Gasteiger partial charge < -0.3 is 10.6 Å². The van der Waals surface area contributed by atoms with Crippen molar-refractivity contribution in [3.05, 3.63) is 12.7 Å². The van der Waals surface area contributed by atoms with Crippen molar-refractivity contribution in [2.45, 2.75) is 37.6 Å². The zero-order valence-electron chi connectivity index (χ0n) is 10.9. The summed E-state index contributed by atoms with van der Waals surface area (Å²) in [4.78, 5) is 36.2. The standard InChI is InChI=1S/C13H19N3O3/c1-2-8-14-12(19)15-9-7-13-5-3-10(17)16(13)11(18)4-6-13/h2H,1,3-9H2,(H2,14,15,19). The highest BCUT2D eigenvalue weighted by Gasteiger charge is 2.52. The van der Waals surface area contributed by atoms with Crippen LogP contribution >= 0.6 is 0 Å². The number of urea groups is 1. The molecule has 0 unspecified atom stereocenters. The van der Waals surface area contributed by atoms with Crippen LogP contribution in [0.3, 0.4) is 0 Å². The van der Waals surface area contributed by atoms with Gasteiger partial charge in [-0.25, -0.2) is 4.79 Å². The van der Waals surface area contributed by atoms with Crippen molar-refractivity contribution in [1.29, 1.82) is 0 Å². The molecule has 2 N–H and O–H groups in total. The number of rotatable bonds is 5. The third kappa shape index (κ3) is 2.62. The number of carbonyl (C=O) groups is 3. The van der Waals surface area contributed by atoms with E-state index < -0.39 is 0 Å². The van der Waals surface area contributed by atoms with Gasteiger partial charge in [0.2, 0.25) is 11.8 Å². The minimum Gasteiger partial charge on any atom is -0.338 e. The predicted octanol–water partition coefficient (Wildman–Crippen LogP) is 0.543. The fourth-order valence-electron chi connectivity index (χ4n) is 2.92. The first-order valence-electron chi connectivity index (χ1n) is 6.57. The number of amides is 4. The first-order valence-corrected chi connectivity index (χ1v) is 6.57. The van der Waals surface area contributed by atoms with Crippen molar-refractivity contribution in [3.8, 4) is 0 Å². The highest BCUT2D eigenvalue weighted by atomic mass is 16.2. The van der Waals surface area contributed by atoms with Crippen LogP contribution in [0.5, 0.6) is 0 Å². The predicted molar refractivity (Wildman–Crippen MR) is 69.3 cm³/mol.